The molecule has 2 aromatic carbocycles. The number of amides is 2. The Morgan fingerprint density at radius 1 is 0.867 bits per heavy atom. The Labute approximate surface area is 263 Å². The molecule has 2 bridgehead atoms. The Bertz CT molecular complexity index is 1800. The normalized spacial score (nSPS) is 20.8. The van der Waals surface area contributed by atoms with Crippen molar-refractivity contribution in [1.82, 2.24) is 14.5 Å². The van der Waals surface area contributed by atoms with Gasteiger partial charge in [0, 0.05) is 92.2 Å². The number of nitrogens with one attached hydrogen (secondary N) is 1. The summed E-state index contributed by atoms with van der Waals surface area (Å²) >= 11 is 0. The van der Waals surface area contributed by atoms with Crippen LogP contribution in [0.25, 0.3) is 0 Å². The fourth-order valence-corrected chi connectivity index (χ4v) is 7.35. The molecule has 5 heterocycles. The summed E-state index contributed by atoms with van der Waals surface area (Å²) in [5.41, 5.74) is 6.06. The quantitative estimate of drug-likeness (QED) is 0.354. The Balaban J connectivity index is 1.16. The van der Waals surface area contributed by atoms with Crippen molar-refractivity contribution in [1.29, 1.82) is 0 Å². The third-order valence-corrected chi connectivity index (χ3v) is 9.50. The zero-order valence-corrected chi connectivity index (χ0v) is 25.7. The van der Waals surface area contributed by atoms with Crippen LogP contribution < -0.4 is 20.7 Å². The van der Waals surface area contributed by atoms with Crippen LogP contribution in [0.4, 0.5) is 17.1 Å². The number of fused-ring (bicyclic) bond motifs is 4. The van der Waals surface area contributed by atoms with E-state index >= 15 is 0 Å². The van der Waals surface area contributed by atoms with Crippen LogP contribution in [-0.2, 0) is 6.54 Å². The van der Waals surface area contributed by atoms with E-state index in [9.17, 15) is 14.4 Å². The van der Waals surface area contributed by atoms with Crippen molar-refractivity contribution in [3.05, 3.63) is 118 Å². The molecule has 2 saturated heterocycles. The minimum absolute atomic E-state index is 0.0412. The van der Waals surface area contributed by atoms with Crippen molar-refractivity contribution in [2.24, 2.45) is 5.92 Å². The first kappa shape index (κ1) is 28.8. The van der Waals surface area contributed by atoms with Gasteiger partial charge < -0.3 is 24.6 Å². The van der Waals surface area contributed by atoms with E-state index in [1.807, 2.05) is 33.7 Å². The molecule has 2 aromatic heterocycles. The summed E-state index contributed by atoms with van der Waals surface area (Å²) in [6.45, 7) is 8.41. The van der Waals surface area contributed by atoms with E-state index in [0.29, 0.717) is 42.4 Å². The highest BCUT2D eigenvalue weighted by atomic mass is 16.2. The van der Waals surface area contributed by atoms with Crippen LogP contribution in [0.1, 0.15) is 51.2 Å². The molecule has 0 unspecified atom stereocenters. The van der Waals surface area contributed by atoms with Crippen LogP contribution in [-0.4, -0.2) is 65.0 Å². The van der Waals surface area contributed by atoms with E-state index in [-0.39, 0.29) is 29.3 Å². The maximum atomic E-state index is 13.9. The summed E-state index contributed by atoms with van der Waals surface area (Å²) in [5, 5.41) is 3.12. The van der Waals surface area contributed by atoms with Gasteiger partial charge in [-0.05, 0) is 80.3 Å². The lowest BCUT2D eigenvalue weighted by atomic mass is 9.83. The van der Waals surface area contributed by atoms with E-state index in [0.717, 1.165) is 37.4 Å². The maximum Gasteiger partial charge on any atom is 0.255 e. The molecular weight excluding hydrogens is 564 g/mol. The molecule has 230 valence electrons. The summed E-state index contributed by atoms with van der Waals surface area (Å²) in [6, 6.07) is 23.2. The van der Waals surface area contributed by atoms with Crippen molar-refractivity contribution >= 4 is 28.9 Å². The lowest BCUT2D eigenvalue weighted by Crippen LogP contribution is -2.53. The molecule has 0 spiro atoms. The number of carbonyl (C=O) groups is 2. The van der Waals surface area contributed by atoms with Gasteiger partial charge in [-0.25, -0.2) is 0 Å². The number of aromatic nitrogens is 2. The second-order valence-corrected chi connectivity index (χ2v) is 12.7. The molecule has 4 aromatic rings. The number of piperidine rings is 1. The van der Waals surface area contributed by atoms with Gasteiger partial charge in [-0.3, -0.25) is 19.4 Å². The zero-order valence-electron chi connectivity index (χ0n) is 25.7. The van der Waals surface area contributed by atoms with E-state index in [4.69, 9.17) is 0 Å². The van der Waals surface area contributed by atoms with Crippen molar-refractivity contribution in [3.63, 3.8) is 0 Å². The molecule has 1 N–H and O–H groups in total. The third-order valence-electron chi connectivity index (χ3n) is 9.50. The highest BCUT2D eigenvalue weighted by Gasteiger charge is 2.36. The second-order valence-electron chi connectivity index (χ2n) is 12.7. The first-order chi connectivity index (χ1) is 21.8. The van der Waals surface area contributed by atoms with E-state index in [2.05, 4.69) is 64.3 Å². The zero-order chi connectivity index (χ0) is 31.1. The van der Waals surface area contributed by atoms with Gasteiger partial charge in [-0.15, -0.1) is 0 Å². The van der Waals surface area contributed by atoms with Gasteiger partial charge >= 0.3 is 0 Å². The summed E-state index contributed by atoms with van der Waals surface area (Å²) in [4.78, 5) is 50.5. The molecule has 2 fully saturated rings. The smallest absolute Gasteiger partial charge is 0.255 e. The standard InChI is InChI=1S/C36H38N6O3/c1-24-5-3-6-30(17-24)41-16-15-39(20-25(41)2)36(45)28-9-10-33(31(19-28)38-35(44)27-11-13-37-14-12-27)40-21-26-18-29(23-40)32-7-4-8-34(43)42(32)22-26/h3-14,17,19,25-26,29H,15-16,18,20-23H2,1-2H3,(H,38,44)/t25-,26+,29-/m0/s1. The molecule has 9 nitrogen and oxygen atoms in total. The Morgan fingerprint density at radius 2 is 1.69 bits per heavy atom. The number of pyridine rings is 2. The Morgan fingerprint density at radius 3 is 2.49 bits per heavy atom. The number of nitrogens with zero attached hydrogens (tertiary/aromatic N) is 5. The molecule has 3 atom stereocenters. The van der Waals surface area contributed by atoms with Crippen LogP contribution >= 0.6 is 0 Å². The van der Waals surface area contributed by atoms with Crippen molar-refractivity contribution in [2.45, 2.75) is 38.8 Å². The van der Waals surface area contributed by atoms with Crippen molar-refractivity contribution in [3.8, 4) is 0 Å². The first-order valence-electron chi connectivity index (χ1n) is 15.8. The number of anilines is 3. The molecule has 7 rings (SSSR count). The molecule has 3 aliphatic heterocycles. The molecule has 0 aliphatic carbocycles. The number of aryl methyl sites for hydroxylation is 1. The third kappa shape index (κ3) is 5.70. The van der Waals surface area contributed by atoms with Crippen LogP contribution in [0.3, 0.4) is 0 Å². The number of hydrogen-bond acceptors (Lipinski definition) is 6. The maximum absolute atomic E-state index is 13.9. The summed E-state index contributed by atoms with van der Waals surface area (Å²) in [5.74, 6) is 0.230. The summed E-state index contributed by atoms with van der Waals surface area (Å²) in [7, 11) is 0. The highest BCUT2D eigenvalue weighted by molar-refractivity contribution is 6.07. The number of rotatable bonds is 5. The molecule has 0 radical (unpaired) electrons. The molecular formula is C36H38N6O3. The van der Waals surface area contributed by atoms with Crippen LogP contribution in [0.15, 0.2) is 90.0 Å². The van der Waals surface area contributed by atoms with Crippen LogP contribution in [0, 0.1) is 12.8 Å². The number of carbonyl (C=O) groups excluding carboxylic acids is 2. The minimum atomic E-state index is -0.252. The minimum Gasteiger partial charge on any atom is -0.369 e. The lowest BCUT2D eigenvalue weighted by Gasteiger charge is -2.44. The lowest BCUT2D eigenvalue weighted by molar-refractivity contribution is 0.0726. The van der Waals surface area contributed by atoms with Gasteiger partial charge in [0.25, 0.3) is 17.4 Å². The van der Waals surface area contributed by atoms with E-state index in [1.165, 1.54) is 11.3 Å². The molecule has 45 heavy (non-hydrogen) atoms. The van der Waals surface area contributed by atoms with Gasteiger partial charge in [0.15, 0.2) is 0 Å². The molecule has 3 aliphatic rings. The monoisotopic (exact) mass is 602 g/mol. The first-order valence-corrected chi connectivity index (χ1v) is 15.8. The van der Waals surface area contributed by atoms with Crippen LogP contribution in [0.2, 0.25) is 0 Å². The molecule has 9 heteroatoms. The van der Waals surface area contributed by atoms with Crippen molar-refractivity contribution in [2.75, 3.05) is 47.8 Å². The van der Waals surface area contributed by atoms with Gasteiger partial charge in [-0.2, -0.15) is 0 Å². The van der Waals surface area contributed by atoms with E-state index in [1.54, 1.807) is 30.6 Å². The Hall–Kier alpha value is -4.92. The average molecular weight is 603 g/mol. The Kier molecular flexibility index (Phi) is 7.61. The fraction of sp³-hybridized carbons (Fsp3) is 0.333. The molecule has 0 saturated carbocycles. The number of benzene rings is 2. The predicted molar refractivity (Wildman–Crippen MR) is 176 cm³/mol. The fourth-order valence-electron chi connectivity index (χ4n) is 7.35. The van der Waals surface area contributed by atoms with E-state index < -0.39 is 0 Å². The summed E-state index contributed by atoms with van der Waals surface area (Å²) < 4.78 is 1.92. The van der Waals surface area contributed by atoms with Gasteiger partial charge in [0.2, 0.25) is 0 Å². The number of piperazine rings is 1. The molecule has 2 amide bonds. The summed E-state index contributed by atoms with van der Waals surface area (Å²) in [6.07, 6.45) is 4.22. The van der Waals surface area contributed by atoms with Crippen molar-refractivity contribution < 1.29 is 9.59 Å². The highest BCUT2D eigenvalue weighted by Crippen LogP contribution is 2.39. The predicted octanol–water partition coefficient (Wildman–Crippen LogP) is 4.78. The van der Waals surface area contributed by atoms with Gasteiger partial charge in [0.1, 0.15) is 0 Å². The SMILES string of the molecule is Cc1cccc(N2CCN(C(=O)c3ccc(N4C[C@H]5C[C@@H](C4)c4cccc(=O)n4C5)c(NC(=O)c4ccncc4)c3)C[C@@H]2C)c1. The largest absolute Gasteiger partial charge is 0.369 e. The number of hydrogen-bond donors (Lipinski definition) is 1. The van der Waals surface area contributed by atoms with Gasteiger partial charge in [0.05, 0.1) is 11.4 Å². The average Bonchev–Trinajstić information content (AvgIpc) is 3.05. The topological polar surface area (TPSA) is 90.8 Å². The van der Waals surface area contributed by atoms with Gasteiger partial charge in [-0.1, -0.05) is 18.2 Å². The second kappa shape index (κ2) is 11.9. The van der Waals surface area contributed by atoms with Crippen LogP contribution in [0.5, 0.6) is 0 Å².